The summed E-state index contributed by atoms with van der Waals surface area (Å²) in [6, 6.07) is 18.8. The number of anilines is 2. The predicted molar refractivity (Wildman–Crippen MR) is 115 cm³/mol. The average molecular weight is 427 g/mol. The van der Waals surface area contributed by atoms with Crippen LogP contribution < -0.4 is 9.62 Å². The molecule has 0 unspecified atom stereocenters. The maximum atomic E-state index is 13.1. The highest BCUT2D eigenvalue weighted by atomic mass is 32.2. The number of phenolic OH excluding ortho intramolecular Hbond substituents is 1. The summed E-state index contributed by atoms with van der Waals surface area (Å²) >= 11 is 0. The van der Waals surface area contributed by atoms with Crippen LogP contribution in [0.2, 0.25) is 0 Å². The molecule has 0 fully saturated rings. The van der Waals surface area contributed by atoms with Crippen LogP contribution in [0.25, 0.3) is 0 Å². The molecule has 0 atom stereocenters. The Hall–Kier alpha value is -3.59. The molecule has 0 saturated carbocycles. The number of hydrogen-bond acceptors (Lipinski definition) is 6. The van der Waals surface area contributed by atoms with Crippen molar-refractivity contribution in [1.29, 1.82) is 0 Å². The minimum atomic E-state index is -3.98. The van der Waals surface area contributed by atoms with Crippen LogP contribution in [0.4, 0.5) is 17.1 Å². The van der Waals surface area contributed by atoms with E-state index in [1.54, 1.807) is 49.4 Å². The van der Waals surface area contributed by atoms with Gasteiger partial charge in [0.25, 0.3) is 15.7 Å². The summed E-state index contributed by atoms with van der Waals surface area (Å²) in [5.74, 6) is 0.123. The lowest BCUT2D eigenvalue weighted by Gasteiger charge is -2.23. The molecule has 0 aliphatic rings. The number of nitrogens with one attached hydrogen (secondary N) is 1. The van der Waals surface area contributed by atoms with Gasteiger partial charge in [-0.2, -0.15) is 0 Å². The van der Waals surface area contributed by atoms with Crippen molar-refractivity contribution < 1.29 is 18.4 Å². The number of phenols is 1. The number of benzene rings is 3. The molecule has 0 bridgehead atoms. The zero-order chi connectivity index (χ0) is 21.7. The number of nitro groups is 1. The van der Waals surface area contributed by atoms with Crippen molar-refractivity contribution in [2.45, 2.75) is 18.4 Å². The quantitative estimate of drug-likeness (QED) is 0.413. The van der Waals surface area contributed by atoms with E-state index in [0.717, 1.165) is 11.6 Å². The monoisotopic (exact) mass is 427 g/mol. The summed E-state index contributed by atoms with van der Waals surface area (Å²) in [7, 11) is -3.98. The Bertz CT molecular complexity index is 1130. The molecule has 3 aromatic rings. The minimum absolute atomic E-state index is 0.123. The van der Waals surface area contributed by atoms with Crippen molar-refractivity contribution in [3.05, 3.63) is 88.5 Å². The smallest absolute Gasteiger partial charge is 0.293 e. The number of aromatic hydroxyl groups is 1. The Balaban J connectivity index is 1.92. The first-order chi connectivity index (χ1) is 14.3. The van der Waals surface area contributed by atoms with Crippen molar-refractivity contribution in [3.8, 4) is 5.75 Å². The van der Waals surface area contributed by atoms with Crippen LogP contribution in [0.1, 0.15) is 12.5 Å². The molecule has 0 heterocycles. The van der Waals surface area contributed by atoms with Gasteiger partial charge in [-0.25, -0.2) is 8.42 Å². The van der Waals surface area contributed by atoms with Gasteiger partial charge < -0.3 is 10.4 Å². The highest BCUT2D eigenvalue weighted by molar-refractivity contribution is 7.92. The molecule has 0 aliphatic carbocycles. The van der Waals surface area contributed by atoms with Crippen LogP contribution in [-0.4, -0.2) is 25.0 Å². The number of para-hydroxylation sites is 1. The molecule has 9 heteroatoms. The van der Waals surface area contributed by atoms with E-state index in [-0.39, 0.29) is 35.1 Å². The summed E-state index contributed by atoms with van der Waals surface area (Å²) < 4.78 is 27.4. The fourth-order valence-electron chi connectivity index (χ4n) is 3.00. The predicted octanol–water partition coefficient (Wildman–Crippen LogP) is 4.13. The third-order valence-electron chi connectivity index (χ3n) is 4.50. The average Bonchev–Trinajstić information content (AvgIpc) is 2.74. The van der Waals surface area contributed by atoms with Gasteiger partial charge in [-0.1, -0.05) is 30.3 Å². The van der Waals surface area contributed by atoms with Crippen LogP contribution in [0.3, 0.4) is 0 Å². The summed E-state index contributed by atoms with van der Waals surface area (Å²) in [5, 5.41) is 23.9. The van der Waals surface area contributed by atoms with Crippen LogP contribution in [0, 0.1) is 10.1 Å². The van der Waals surface area contributed by atoms with Crippen molar-refractivity contribution in [1.82, 2.24) is 0 Å². The highest BCUT2D eigenvalue weighted by Gasteiger charge is 2.27. The Kier molecular flexibility index (Phi) is 6.22. The molecule has 156 valence electrons. The summed E-state index contributed by atoms with van der Waals surface area (Å²) in [6.45, 7) is 2.16. The van der Waals surface area contributed by atoms with Gasteiger partial charge in [-0.15, -0.1) is 0 Å². The fraction of sp³-hybridized carbons (Fsp3) is 0.143. The van der Waals surface area contributed by atoms with E-state index in [2.05, 4.69) is 5.32 Å². The van der Waals surface area contributed by atoms with E-state index < -0.39 is 14.9 Å². The van der Waals surface area contributed by atoms with Gasteiger partial charge in [0.2, 0.25) is 0 Å². The van der Waals surface area contributed by atoms with Crippen molar-refractivity contribution in [2.75, 3.05) is 16.2 Å². The number of hydrogen-bond donors (Lipinski definition) is 2. The zero-order valence-electron chi connectivity index (χ0n) is 16.2. The second-order valence-electron chi connectivity index (χ2n) is 6.46. The Morgan fingerprint density at radius 2 is 1.70 bits per heavy atom. The Labute approximate surface area is 174 Å². The van der Waals surface area contributed by atoms with Crippen LogP contribution in [0.15, 0.2) is 77.7 Å². The van der Waals surface area contributed by atoms with Gasteiger partial charge in [0.15, 0.2) is 0 Å². The van der Waals surface area contributed by atoms with E-state index in [1.165, 1.54) is 28.6 Å². The lowest BCUT2D eigenvalue weighted by molar-refractivity contribution is -0.384. The van der Waals surface area contributed by atoms with Gasteiger partial charge >= 0.3 is 0 Å². The van der Waals surface area contributed by atoms with Gasteiger partial charge in [0.05, 0.1) is 15.5 Å². The van der Waals surface area contributed by atoms with Crippen LogP contribution in [-0.2, 0) is 16.6 Å². The van der Waals surface area contributed by atoms with Gasteiger partial charge in [-0.3, -0.25) is 14.4 Å². The molecule has 0 spiro atoms. The second kappa shape index (κ2) is 8.83. The maximum absolute atomic E-state index is 13.1. The molecule has 8 nitrogen and oxygen atoms in total. The SMILES string of the molecule is CCN(c1ccccc1)S(=O)(=O)c1ccc(NCc2ccc(O)cc2)c([N+](=O)[O-])c1. The van der Waals surface area contributed by atoms with E-state index >= 15 is 0 Å². The van der Waals surface area contributed by atoms with Gasteiger partial charge in [-0.05, 0) is 48.9 Å². The van der Waals surface area contributed by atoms with E-state index in [4.69, 9.17) is 0 Å². The first-order valence-electron chi connectivity index (χ1n) is 9.21. The third kappa shape index (κ3) is 4.52. The Morgan fingerprint density at radius 1 is 1.03 bits per heavy atom. The Morgan fingerprint density at radius 3 is 2.30 bits per heavy atom. The summed E-state index contributed by atoms with van der Waals surface area (Å²) in [6.07, 6.45) is 0. The minimum Gasteiger partial charge on any atom is -0.508 e. The molecule has 0 aromatic heterocycles. The van der Waals surface area contributed by atoms with Crippen LogP contribution in [0.5, 0.6) is 5.75 Å². The van der Waals surface area contributed by atoms with Crippen molar-refractivity contribution in [2.24, 2.45) is 0 Å². The molecular formula is C21H21N3O5S. The lowest BCUT2D eigenvalue weighted by atomic mass is 10.2. The topological polar surface area (TPSA) is 113 Å². The molecule has 3 rings (SSSR count). The maximum Gasteiger partial charge on any atom is 0.293 e. The van der Waals surface area contributed by atoms with Crippen molar-refractivity contribution >= 4 is 27.1 Å². The molecule has 30 heavy (non-hydrogen) atoms. The summed E-state index contributed by atoms with van der Waals surface area (Å²) in [5.41, 5.74) is 1.16. The number of nitro benzene ring substituents is 1. The standard InChI is InChI=1S/C21H21N3O5S/c1-2-23(17-6-4-3-5-7-17)30(28,29)19-12-13-20(21(14-19)24(26)27)22-15-16-8-10-18(25)11-9-16/h3-14,22,25H,2,15H2,1H3. The molecule has 2 N–H and O–H groups in total. The molecule has 0 saturated heterocycles. The largest absolute Gasteiger partial charge is 0.508 e. The number of nitrogens with zero attached hydrogens (tertiary/aromatic N) is 2. The van der Waals surface area contributed by atoms with Crippen LogP contribution >= 0.6 is 0 Å². The second-order valence-corrected chi connectivity index (χ2v) is 8.32. The molecule has 0 radical (unpaired) electrons. The normalized spacial score (nSPS) is 11.1. The molecule has 0 aliphatic heterocycles. The van der Waals surface area contributed by atoms with E-state index in [1.807, 2.05) is 0 Å². The molecule has 3 aromatic carbocycles. The number of rotatable bonds is 8. The third-order valence-corrected chi connectivity index (χ3v) is 6.40. The lowest BCUT2D eigenvalue weighted by Crippen LogP contribution is -2.30. The fourth-order valence-corrected chi connectivity index (χ4v) is 4.49. The zero-order valence-corrected chi connectivity index (χ0v) is 17.0. The first kappa shape index (κ1) is 21.1. The van der Waals surface area contributed by atoms with Gasteiger partial charge in [0, 0.05) is 19.2 Å². The van der Waals surface area contributed by atoms with Gasteiger partial charge in [0.1, 0.15) is 11.4 Å². The van der Waals surface area contributed by atoms with E-state index in [0.29, 0.717) is 5.69 Å². The van der Waals surface area contributed by atoms with Crippen molar-refractivity contribution in [3.63, 3.8) is 0 Å². The summed E-state index contributed by atoms with van der Waals surface area (Å²) in [4.78, 5) is 10.8. The van der Waals surface area contributed by atoms with E-state index in [9.17, 15) is 23.6 Å². The first-order valence-corrected chi connectivity index (χ1v) is 10.6. The molecule has 0 amide bonds. The number of sulfonamides is 1. The highest BCUT2D eigenvalue weighted by Crippen LogP contribution is 2.31. The molecular weight excluding hydrogens is 406 g/mol.